The maximum absolute atomic E-state index is 10.0. The molecule has 0 unspecified atom stereocenters. The molecule has 2 nitrogen and oxygen atoms in total. The topological polar surface area (TPSA) is 37.3 Å². The maximum atomic E-state index is 10.0. The molecule has 43 valence electrons. The SMILES string of the molecule is C=C1C[C](C(=O)O)C1. The highest BCUT2D eigenvalue weighted by Crippen LogP contribution is 2.33. The summed E-state index contributed by atoms with van der Waals surface area (Å²) in [7, 11) is 0. The van der Waals surface area contributed by atoms with Crippen LogP contribution in [-0.4, -0.2) is 11.1 Å². The third kappa shape index (κ3) is 0.735. The minimum absolute atomic E-state index is 0.593. The number of allylic oxidation sites excluding steroid dienone is 1. The van der Waals surface area contributed by atoms with Gasteiger partial charge in [-0.1, -0.05) is 12.2 Å². The van der Waals surface area contributed by atoms with Crippen LogP contribution in [0.4, 0.5) is 0 Å². The Labute approximate surface area is 47.8 Å². The zero-order valence-corrected chi connectivity index (χ0v) is 4.48. The van der Waals surface area contributed by atoms with Gasteiger partial charge in [0.25, 0.3) is 0 Å². The van der Waals surface area contributed by atoms with Gasteiger partial charge in [-0.15, -0.1) is 0 Å². The molecule has 0 aromatic carbocycles. The largest absolute Gasteiger partial charge is 0.481 e. The molecular weight excluding hydrogens is 104 g/mol. The van der Waals surface area contributed by atoms with E-state index < -0.39 is 5.97 Å². The van der Waals surface area contributed by atoms with Crippen LogP contribution in [0.1, 0.15) is 12.8 Å². The highest BCUT2D eigenvalue weighted by molar-refractivity contribution is 5.85. The normalized spacial score (nSPS) is 20.2. The third-order valence-electron chi connectivity index (χ3n) is 1.23. The monoisotopic (exact) mass is 111 g/mol. The first kappa shape index (κ1) is 5.35. The zero-order valence-electron chi connectivity index (χ0n) is 4.48. The van der Waals surface area contributed by atoms with Crippen LogP contribution in [0.5, 0.6) is 0 Å². The first-order valence-electron chi connectivity index (χ1n) is 2.45. The molecule has 0 aromatic heterocycles. The molecule has 0 spiro atoms. The molecule has 0 saturated heterocycles. The van der Waals surface area contributed by atoms with Crippen molar-refractivity contribution < 1.29 is 9.90 Å². The van der Waals surface area contributed by atoms with Gasteiger partial charge in [0.05, 0.1) is 5.92 Å². The minimum Gasteiger partial charge on any atom is -0.481 e. The second-order valence-electron chi connectivity index (χ2n) is 2.01. The van der Waals surface area contributed by atoms with E-state index >= 15 is 0 Å². The molecule has 0 amide bonds. The van der Waals surface area contributed by atoms with Crippen molar-refractivity contribution in [3.05, 3.63) is 18.1 Å². The fourth-order valence-corrected chi connectivity index (χ4v) is 0.703. The van der Waals surface area contributed by atoms with Gasteiger partial charge < -0.3 is 5.11 Å². The number of carbonyl (C=O) groups is 1. The van der Waals surface area contributed by atoms with Gasteiger partial charge in [0.15, 0.2) is 0 Å². The van der Waals surface area contributed by atoms with Gasteiger partial charge in [0, 0.05) is 0 Å². The summed E-state index contributed by atoms with van der Waals surface area (Å²) in [5, 5.41) is 8.27. The Hall–Kier alpha value is -0.790. The van der Waals surface area contributed by atoms with E-state index in [0.717, 1.165) is 5.57 Å². The van der Waals surface area contributed by atoms with Crippen molar-refractivity contribution in [1.82, 2.24) is 0 Å². The molecule has 1 aliphatic carbocycles. The molecule has 8 heavy (non-hydrogen) atoms. The Balaban J connectivity index is 2.35. The second kappa shape index (κ2) is 1.62. The van der Waals surface area contributed by atoms with E-state index in [2.05, 4.69) is 6.58 Å². The first-order valence-corrected chi connectivity index (χ1v) is 2.45. The van der Waals surface area contributed by atoms with Gasteiger partial charge in [0.1, 0.15) is 0 Å². The number of carboxylic acid groups (broad SMARTS) is 1. The van der Waals surface area contributed by atoms with Crippen LogP contribution in [0, 0.1) is 5.92 Å². The van der Waals surface area contributed by atoms with E-state index in [9.17, 15) is 4.79 Å². The molecule has 1 fully saturated rings. The summed E-state index contributed by atoms with van der Waals surface area (Å²) in [6, 6.07) is 0. The fourth-order valence-electron chi connectivity index (χ4n) is 0.703. The van der Waals surface area contributed by atoms with Crippen LogP contribution in [0.3, 0.4) is 0 Å². The third-order valence-corrected chi connectivity index (χ3v) is 1.23. The lowest BCUT2D eigenvalue weighted by molar-refractivity contribution is -0.135. The van der Waals surface area contributed by atoms with Crippen molar-refractivity contribution in [3.63, 3.8) is 0 Å². The van der Waals surface area contributed by atoms with Gasteiger partial charge in [0.2, 0.25) is 0 Å². The smallest absolute Gasteiger partial charge is 0.311 e. The summed E-state index contributed by atoms with van der Waals surface area (Å²) < 4.78 is 0. The summed E-state index contributed by atoms with van der Waals surface area (Å²) in [5.74, 6) is -0.174. The summed E-state index contributed by atoms with van der Waals surface area (Å²) in [5.41, 5.74) is 1.03. The van der Waals surface area contributed by atoms with E-state index in [1.807, 2.05) is 0 Å². The molecule has 1 saturated carbocycles. The van der Waals surface area contributed by atoms with Crippen molar-refractivity contribution in [2.75, 3.05) is 0 Å². The van der Waals surface area contributed by atoms with Crippen molar-refractivity contribution in [1.29, 1.82) is 0 Å². The molecule has 2 heteroatoms. The number of carboxylic acids is 1. The van der Waals surface area contributed by atoms with Crippen molar-refractivity contribution in [2.45, 2.75) is 12.8 Å². The molecule has 1 radical (unpaired) electrons. The quantitative estimate of drug-likeness (QED) is 0.512. The van der Waals surface area contributed by atoms with Crippen LogP contribution in [-0.2, 0) is 4.79 Å². The molecule has 1 rings (SSSR count). The highest BCUT2D eigenvalue weighted by atomic mass is 16.4. The van der Waals surface area contributed by atoms with E-state index in [1.165, 1.54) is 0 Å². The highest BCUT2D eigenvalue weighted by Gasteiger charge is 2.28. The molecule has 1 aliphatic rings. The molecule has 0 aliphatic heterocycles. The van der Waals surface area contributed by atoms with E-state index in [0.29, 0.717) is 18.8 Å². The molecular formula is C6H7O2. The van der Waals surface area contributed by atoms with Crippen LogP contribution in [0.2, 0.25) is 0 Å². The van der Waals surface area contributed by atoms with Gasteiger partial charge in [-0.3, -0.25) is 4.79 Å². The van der Waals surface area contributed by atoms with Gasteiger partial charge in [-0.25, -0.2) is 0 Å². The summed E-state index contributed by atoms with van der Waals surface area (Å²) in [6.45, 7) is 3.61. The number of hydrogen-bond acceptors (Lipinski definition) is 1. The minimum atomic E-state index is -0.766. The average Bonchev–Trinajstić information content (AvgIpc) is 1.57. The summed E-state index contributed by atoms with van der Waals surface area (Å²) >= 11 is 0. The number of hydrogen-bond donors (Lipinski definition) is 1. The van der Waals surface area contributed by atoms with Crippen LogP contribution < -0.4 is 0 Å². The number of aliphatic carboxylic acids is 1. The lowest BCUT2D eigenvalue weighted by Gasteiger charge is -2.22. The Morgan fingerprint density at radius 2 is 2.12 bits per heavy atom. The Kier molecular flexibility index (Phi) is 1.08. The molecule has 0 heterocycles. The van der Waals surface area contributed by atoms with Gasteiger partial charge in [-0.05, 0) is 12.8 Å². The Morgan fingerprint density at radius 3 is 2.25 bits per heavy atom. The second-order valence-corrected chi connectivity index (χ2v) is 2.01. The van der Waals surface area contributed by atoms with Crippen LogP contribution in [0.25, 0.3) is 0 Å². The predicted octanol–water partition coefficient (Wildman–Crippen LogP) is 0.995. The van der Waals surface area contributed by atoms with Gasteiger partial charge in [-0.2, -0.15) is 0 Å². The van der Waals surface area contributed by atoms with E-state index in [-0.39, 0.29) is 0 Å². The van der Waals surface area contributed by atoms with Crippen molar-refractivity contribution >= 4 is 5.97 Å². The fraction of sp³-hybridized carbons (Fsp3) is 0.333. The molecule has 0 bridgehead atoms. The van der Waals surface area contributed by atoms with Crippen molar-refractivity contribution in [3.8, 4) is 0 Å². The zero-order chi connectivity index (χ0) is 6.15. The summed E-state index contributed by atoms with van der Waals surface area (Å²) in [6.07, 6.45) is 1.21. The number of rotatable bonds is 1. The van der Waals surface area contributed by atoms with E-state index in [4.69, 9.17) is 5.11 Å². The standard InChI is InChI=1S/C6H7O2/c1-4-2-5(3-4)6(7)8/h1-3H2,(H,7,8). The Morgan fingerprint density at radius 1 is 1.62 bits per heavy atom. The lowest BCUT2D eigenvalue weighted by atomic mass is 9.81. The lowest BCUT2D eigenvalue weighted by Crippen LogP contribution is -2.20. The van der Waals surface area contributed by atoms with Crippen LogP contribution in [0.15, 0.2) is 12.2 Å². The summed E-state index contributed by atoms with van der Waals surface area (Å²) in [4.78, 5) is 10.0. The Bertz CT molecular complexity index is 129. The molecule has 1 N–H and O–H groups in total. The van der Waals surface area contributed by atoms with Crippen LogP contribution >= 0.6 is 0 Å². The predicted molar refractivity (Wildman–Crippen MR) is 29.3 cm³/mol. The maximum Gasteiger partial charge on any atom is 0.311 e. The average molecular weight is 111 g/mol. The molecule has 0 aromatic rings. The molecule has 0 atom stereocenters. The van der Waals surface area contributed by atoms with Crippen molar-refractivity contribution in [2.24, 2.45) is 0 Å². The van der Waals surface area contributed by atoms with E-state index in [1.54, 1.807) is 0 Å². The van der Waals surface area contributed by atoms with Gasteiger partial charge >= 0.3 is 5.97 Å². The first-order chi connectivity index (χ1) is 3.70.